The summed E-state index contributed by atoms with van der Waals surface area (Å²) in [4.78, 5) is 0.0672. The maximum atomic E-state index is 14.0. The van der Waals surface area contributed by atoms with E-state index in [1.54, 1.807) is 30.7 Å². The van der Waals surface area contributed by atoms with Crippen molar-refractivity contribution in [1.29, 1.82) is 0 Å². The molecular weight excluding hydrogens is 536 g/mol. The van der Waals surface area contributed by atoms with Crippen molar-refractivity contribution in [3.05, 3.63) is 83.9 Å². The van der Waals surface area contributed by atoms with E-state index in [4.69, 9.17) is 9.47 Å². The second-order valence-electron chi connectivity index (χ2n) is 9.85. The summed E-state index contributed by atoms with van der Waals surface area (Å²) in [5.41, 5.74) is 1.60. The zero-order chi connectivity index (χ0) is 28.0. The van der Waals surface area contributed by atoms with Gasteiger partial charge in [-0.1, -0.05) is 56.2 Å². The van der Waals surface area contributed by atoms with Crippen molar-refractivity contribution in [2.24, 2.45) is 5.92 Å². The Kier molecular flexibility index (Phi) is 9.32. The zero-order valence-corrected chi connectivity index (χ0v) is 24.2. The molecule has 0 saturated heterocycles. The Hall–Kier alpha value is -2.92. The predicted molar refractivity (Wildman–Crippen MR) is 151 cm³/mol. The minimum Gasteiger partial charge on any atom is -0.493 e. The molecule has 39 heavy (non-hydrogen) atoms. The molecule has 0 bridgehead atoms. The van der Waals surface area contributed by atoms with E-state index in [2.05, 4.69) is 11.6 Å². The summed E-state index contributed by atoms with van der Waals surface area (Å²) in [5.74, 6) is 1.29. The molecule has 3 aromatic carbocycles. The molecule has 8 nitrogen and oxygen atoms in total. The van der Waals surface area contributed by atoms with Crippen LogP contribution in [-0.2, 0) is 33.1 Å². The van der Waals surface area contributed by atoms with Gasteiger partial charge in [0.05, 0.1) is 24.0 Å². The molecule has 10 heteroatoms. The second kappa shape index (κ2) is 12.5. The fourth-order valence-electron chi connectivity index (χ4n) is 5.05. The Morgan fingerprint density at radius 1 is 0.795 bits per heavy atom. The summed E-state index contributed by atoms with van der Waals surface area (Å²) in [5, 5.41) is 0. The normalized spacial score (nSPS) is 18.2. The van der Waals surface area contributed by atoms with Crippen molar-refractivity contribution >= 4 is 20.0 Å². The van der Waals surface area contributed by atoms with Crippen LogP contribution in [0.25, 0.3) is 0 Å². The van der Waals surface area contributed by atoms with E-state index in [0.717, 1.165) is 36.8 Å². The van der Waals surface area contributed by atoms with Crippen molar-refractivity contribution in [1.82, 2.24) is 9.03 Å². The standard InChI is InChI=1S/C29H36N2O6S2/c1-22-9-7-8-12-27(22)31(21-24-13-18-28(36-2)29(19-24)37-3)39(34,35)26-16-14-25(15-17-26)38(32,33)30-20-23-10-5-4-6-11-23/h4-6,10-11,13-19,22,27,30H,7-9,12,20-21H2,1-3H3/t22-,27-/m0/s1. The Labute approximate surface area is 232 Å². The van der Waals surface area contributed by atoms with Gasteiger partial charge in [-0.15, -0.1) is 0 Å². The lowest BCUT2D eigenvalue weighted by Crippen LogP contribution is -2.44. The Balaban J connectivity index is 1.61. The van der Waals surface area contributed by atoms with Gasteiger partial charge in [0.1, 0.15) is 0 Å². The highest BCUT2D eigenvalue weighted by Crippen LogP contribution is 2.35. The van der Waals surface area contributed by atoms with Gasteiger partial charge in [-0.3, -0.25) is 0 Å². The van der Waals surface area contributed by atoms with E-state index < -0.39 is 20.0 Å². The van der Waals surface area contributed by atoms with Gasteiger partial charge >= 0.3 is 0 Å². The lowest BCUT2D eigenvalue weighted by atomic mass is 9.86. The number of hydrogen-bond donors (Lipinski definition) is 1. The largest absolute Gasteiger partial charge is 0.493 e. The summed E-state index contributed by atoms with van der Waals surface area (Å²) < 4.78 is 68.7. The number of benzene rings is 3. The van der Waals surface area contributed by atoms with E-state index in [0.29, 0.717) is 11.5 Å². The van der Waals surface area contributed by atoms with E-state index in [1.165, 1.54) is 24.3 Å². The van der Waals surface area contributed by atoms with Gasteiger partial charge in [0.15, 0.2) is 11.5 Å². The number of ether oxygens (including phenoxy) is 2. The molecule has 0 spiro atoms. The number of rotatable bonds is 11. The lowest BCUT2D eigenvalue weighted by molar-refractivity contribution is 0.185. The molecule has 1 aliphatic carbocycles. The quantitative estimate of drug-likeness (QED) is 0.349. The molecule has 3 aromatic rings. The Morgan fingerprint density at radius 3 is 2.08 bits per heavy atom. The fourth-order valence-corrected chi connectivity index (χ4v) is 7.80. The first kappa shape index (κ1) is 29.1. The molecule has 0 aliphatic heterocycles. The van der Waals surface area contributed by atoms with Crippen molar-refractivity contribution in [2.75, 3.05) is 14.2 Å². The Morgan fingerprint density at radius 2 is 1.44 bits per heavy atom. The van der Waals surface area contributed by atoms with Crippen molar-refractivity contribution in [3.8, 4) is 11.5 Å². The SMILES string of the molecule is COc1ccc(CN([C@H]2CCCC[C@@H]2C)S(=O)(=O)c2ccc(S(=O)(=O)NCc3ccccc3)cc2)cc1OC. The van der Waals surface area contributed by atoms with Crippen molar-refractivity contribution in [2.45, 2.75) is 61.5 Å². The minimum absolute atomic E-state index is 0.00913. The molecule has 210 valence electrons. The molecule has 0 radical (unpaired) electrons. The molecule has 1 fully saturated rings. The van der Waals surface area contributed by atoms with Crippen LogP contribution < -0.4 is 14.2 Å². The van der Waals surface area contributed by atoms with E-state index in [1.807, 2.05) is 36.4 Å². The average molecular weight is 573 g/mol. The third-order valence-corrected chi connectivity index (χ3v) is 10.6. The first-order chi connectivity index (χ1) is 18.7. The summed E-state index contributed by atoms with van der Waals surface area (Å²) in [6.07, 6.45) is 3.75. The van der Waals surface area contributed by atoms with Gasteiger partial charge in [-0.2, -0.15) is 4.31 Å². The molecule has 0 unspecified atom stereocenters. The predicted octanol–water partition coefficient (Wildman–Crippen LogP) is 4.95. The van der Waals surface area contributed by atoms with Gasteiger partial charge < -0.3 is 9.47 Å². The lowest BCUT2D eigenvalue weighted by Gasteiger charge is -2.38. The summed E-state index contributed by atoms with van der Waals surface area (Å²) >= 11 is 0. The molecule has 4 rings (SSSR count). The summed E-state index contributed by atoms with van der Waals surface area (Å²) in [6.45, 7) is 2.40. The van der Waals surface area contributed by atoms with E-state index in [-0.39, 0.29) is 34.8 Å². The number of nitrogens with one attached hydrogen (secondary N) is 1. The maximum Gasteiger partial charge on any atom is 0.243 e. The van der Waals surface area contributed by atoms with E-state index >= 15 is 0 Å². The van der Waals surface area contributed by atoms with Crippen molar-refractivity contribution in [3.63, 3.8) is 0 Å². The van der Waals surface area contributed by atoms with Crippen LogP contribution >= 0.6 is 0 Å². The summed E-state index contributed by atoms with van der Waals surface area (Å²) in [6, 6.07) is 19.9. The molecule has 0 aromatic heterocycles. The molecule has 1 saturated carbocycles. The molecule has 0 heterocycles. The van der Waals surface area contributed by atoms with E-state index in [9.17, 15) is 16.8 Å². The highest BCUT2D eigenvalue weighted by atomic mass is 32.2. The minimum atomic E-state index is -3.94. The number of nitrogens with zero attached hydrogens (tertiary/aromatic N) is 1. The van der Waals surface area contributed by atoms with Gasteiger partial charge in [0, 0.05) is 19.1 Å². The van der Waals surface area contributed by atoms with Gasteiger partial charge in [-0.25, -0.2) is 21.6 Å². The molecule has 1 aliphatic rings. The summed E-state index contributed by atoms with van der Waals surface area (Å²) in [7, 11) is -4.66. The maximum absolute atomic E-state index is 14.0. The monoisotopic (exact) mass is 572 g/mol. The Bertz CT molecular complexity index is 1460. The fraction of sp³-hybridized carbons (Fsp3) is 0.379. The van der Waals surface area contributed by atoms with Crippen LogP contribution in [0.1, 0.15) is 43.7 Å². The van der Waals surface area contributed by atoms with Crippen molar-refractivity contribution < 1.29 is 26.3 Å². The molecule has 0 amide bonds. The van der Waals surface area contributed by atoms with Crippen LogP contribution in [0.5, 0.6) is 11.5 Å². The van der Waals surface area contributed by atoms with Crippen LogP contribution in [0, 0.1) is 5.92 Å². The number of sulfonamides is 2. The highest BCUT2D eigenvalue weighted by molar-refractivity contribution is 7.89. The first-order valence-corrected chi connectivity index (χ1v) is 15.9. The first-order valence-electron chi connectivity index (χ1n) is 13.0. The van der Waals surface area contributed by atoms with Crippen LogP contribution in [0.2, 0.25) is 0 Å². The number of hydrogen-bond acceptors (Lipinski definition) is 6. The van der Waals surface area contributed by atoms with Crippen LogP contribution in [-0.4, -0.2) is 41.4 Å². The highest BCUT2D eigenvalue weighted by Gasteiger charge is 2.36. The van der Waals surface area contributed by atoms with Gasteiger partial charge in [0.2, 0.25) is 20.0 Å². The molecule has 1 N–H and O–H groups in total. The molecule has 2 atom stereocenters. The topological polar surface area (TPSA) is 102 Å². The number of methoxy groups -OCH3 is 2. The second-order valence-corrected chi connectivity index (χ2v) is 13.5. The van der Waals surface area contributed by atoms with Crippen LogP contribution in [0.3, 0.4) is 0 Å². The van der Waals surface area contributed by atoms with Crippen LogP contribution in [0.15, 0.2) is 82.6 Å². The molecular formula is C29H36N2O6S2. The van der Waals surface area contributed by atoms with Gasteiger partial charge in [0.25, 0.3) is 0 Å². The van der Waals surface area contributed by atoms with Crippen LogP contribution in [0.4, 0.5) is 0 Å². The smallest absolute Gasteiger partial charge is 0.243 e. The average Bonchev–Trinajstić information content (AvgIpc) is 2.95. The third kappa shape index (κ3) is 6.81. The zero-order valence-electron chi connectivity index (χ0n) is 22.5. The third-order valence-electron chi connectivity index (χ3n) is 7.27. The van der Waals surface area contributed by atoms with Gasteiger partial charge in [-0.05, 0) is 66.3 Å².